The van der Waals surface area contributed by atoms with E-state index >= 15 is 0 Å². The molecule has 3 fully saturated rings. The summed E-state index contributed by atoms with van der Waals surface area (Å²) < 4.78 is 0. The lowest BCUT2D eigenvalue weighted by molar-refractivity contribution is 0.0646. The Morgan fingerprint density at radius 2 is 1.82 bits per heavy atom. The van der Waals surface area contributed by atoms with Crippen molar-refractivity contribution in [1.29, 1.82) is 0 Å². The fraction of sp³-hybridized carbons (Fsp3) is 1.00. The molecule has 2 saturated heterocycles. The van der Waals surface area contributed by atoms with Gasteiger partial charge in [0.05, 0.1) is 0 Å². The molecule has 1 aliphatic carbocycles. The minimum Gasteiger partial charge on any atom is -0.309 e. The standard InChI is InChI=1S/C14H26N2S/c1-2-6-14(7-3-1)12-16(9-8-15-14)13-4-10-17-11-5-13/h13,15H,1-12H2. The van der Waals surface area contributed by atoms with Crippen molar-refractivity contribution in [2.45, 2.75) is 56.5 Å². The Labute approximate surface area is 110 Å². The molecule has 1 N–H and O–H groups in total. The van der Waals surface area contributed by atoms with Gasteiger partial charge in [-0.05, 0) is 37.2 Å². The summed E-state index contributed by atoms with van der Waals surface area (Å²) in [4.78, 5) is 2.82. The molecule has 0 aromatic rings. The summed E-state index contributed by atoms with van der Waals surface area (Å²) in [5.41, 5.74) is 0.501. The molecule has 0 bridgehead atoms. The van der Waals surface area contributed by atoms with Crippen LogP contribution in [0.5, 0.6) is 0 Å². The maximum Gasteiger partial charge on any atom is 0.0309 e. The van der Waals surface area contributed by atoms with E-state index in [1.165, 1.54) is 76.1 Å². The van der Waals surface area contributed by atoms with E-state index < -0.39 is 0 Å². The van der Waals surface area contributed by atoms with Crippen molar-refractivity contribution in [1.82, 2.24) is 10.2 Å². The number of nitrogens with zero attached hydrogens (tertiary/aromatic N) is 1. The second-order valence-corrected chi connectivity index (χ2v) is 7.31. The number of nitrogens with one attached hydrogen (secondary N) is 1. The van der Waals surface area contributed by atoms with Gasteiger partial charge in [-0.3, -0.25) is 4.90 Å². The number of hydrogen-bond donors (Lipinski definition) is 1. The number of rotatable bonds is 1. The van der Waals surface area contributed by atoms with E-state index in [1.54, 1.807) is 0 Å². The molecule has 2 aliphatic heterocycles. The number of hydrogen-bond acceptors (Lipinski definition) is 3. The molecular formula is C14H26N2S. The molecule has 2 heterocycles. The second-order valence-electron chi connectivity index (χ2n) is 6.08. The van der Waals surface area contributed by atoms with Crippen LogP contribution >= 0.6 is 11.8 Å². The van der Waals surface area contributed by atoms with Gasteiger partial charge in [-0.25, -0.2) is 0 Å². The van der Waals surface area contributed by atoms with Crippen molar-refractivity contribution in [3.05, 3.63) is 0 Å². The van der Waals surface area contributed by atoms with Gasteiger partial charge >= 0.3 is 0 Å². The molecule has 98 valence electrons. The van der Waals surface area contributed by atoms with Gasteiger partial charge in [-0.15, -0.1) is 0 Å². The van der Waals surface area contributed by atoms with Crippen molar-refractivity contribution < 1.29 is 0 Å². The molecule has 3 rings (SSSR count). The Morgan fingerprint density at radius 3 is 2.59 bits per heavy atom. The van der Waals surface area contributed by atoms with Gasteiger partial charge in [-0.1, -0.05) is 19.3 Å². The topological polar surface area (TPSA) is 15.3 Å². The monoisotopic (exact) mass is 254 g/mol. The largest absolute Gasteiger partial charge is 0.309 e. The van der Waals surface area contributed by atoms with Crippen LogP contribution in [0.15, 0.2) is 0 Å². The van der Waals surface area contributed by atoms with Gasteiger partial charge in [0.1, 0.15) is 0 Å². The molecule has 0 aromatic carbocycles. The molecule has 0 unspecified atom stereocenters. The summed E-state index contributed by atoms with van der Waals surface area (Å²) in [7, 11) is 0. The molecule has 0 amide bonds. The molecule has 0 atom stereocenters. The predicted octanol–water partition coefficient (Wildman–Crippen LogP) is 2.49. The van der Waals surface area contributed by atoms with Crippen molar-refractivity contribution in [2.75, 3.05) is 31.1 Å². The molecule has 1 saturated carbocycles. The minimum atomic E-state index is 0.501. The first-order valence-corrected chi connectivity index (χ1v) is 8.60. The van der Waals surface area contributed by atoms with Crippen LogP contribution in [0.25, 0.3) is 0 Å². The molecule has 3 aliphatic rings. The van der Waals surface area contributed by atoms with Crippen LogP contribution in [-0.2, 0) is 0 Å². The van der Waals surface area contributed by atoms with E-state index in [4.69, 9.17) is 0 Å². The average molecular weight is 254 g/mol. The lowest BCUT2D eigenvalue weighted by Crippen LogP contribution is -2.63. The molecule has 0 aromatic heterocycles. The van der Waals surface area contributed by atoms with Gasteiger partial charge in [0.15, 0.2) is 0 Å². The number of thioether (sulfide) groups is 1. The zero-order valence-electron chi connectivity index (χ0n) is 10.9. The van der Waals surface area contributed by atoms with Crippen molar-refractivity contribution in [3.8, 4) is 0 Å². The van der Waals surface area contributed by atoms with Crippen LogP contribution in [0, 0.1) is 0 Å². The predicted molar refractivity (Wildman–Crippen MR) is 75.7 cm³/mol. The van der Waals surface area contributed by atoms with Crippen molar-refractivity contribution in [2.24, 2.45) is 0 Å². The van der Waals surface area contributed by atoms with E-state index in [9.17, 15) is 0 Å². The van der Waals surface area contributed by atoms with Crippen LogP contribution in [0.4, 0.5) is 0 Å². The molecular weight excluding hydrogens is 228 g/mol. The normalized spacial score (nSPS) is 31.8. The van der Waals surface area contributed by atoms with Gasteiger partial charge in [0.25, 0.3) is 0 Å². The van der Waals surface area contributed by atoms with E-state index in [1.807, 2.05) is 0 Å². The second kappa shape index (κ2) is 5.50. The zero-order valence-corrected chi connectivity index (χ0v) is 11.7. The molecule has 1 spiro atoms. The first-order valence-electron chi connectivity index (χ1n) is 7.45. The molecule has 0 radical (unpaired) electrons. The summed E-state index contributed by atoms with van der Waals surface area (Å²) in [6, 6.07) is 0.900. The highest BCUT2D eigenvalue weighted by atomic mass is 32.2. The lowest BCUT2D eigenvalue weighted by atomic mass is 9.79. The molecule has 3 heteroatoms. The third kappa shape index (κ3) is 2.82. The fourth-order valence-electron chi connectivity index (χ4n) is 3.91. The highest BCUT2D eigenvalue weighted by molar-refractivity contribution is 7.99. The number of piperazine rings is 1. The summed E-state index contributed by atoms with van der Waals surface area (Å²) in [6.45, 7) is 3.85. The van der Waals surface area contributed by atoms with Crippen molar-refractivity contribution >= 4 is 11.8 Å². The summed E-state index contributed by atoms with van der Waals surface area (Å²) >= 11 is 2.15. The lowest BCUT2D eigenvalue weighted by Gasteiger charge is -2.49. The van der Waals surface area contributed by atoms with Gasteiger partial charge in [-0.2, -0.15) is 11.8 Å². The maximum absolute atomic E-state index is 3.86. The van der Waals surface area contributed by atoms with E-state index in [0.29, 0.717) is 5.54 Å². The van der Waals surface area contributed by atoms with Crippen molar-refractivity contribution in [3.63, 3.8) is 0 Å². The Morgan fingerprint density at radius 1 is 1.06 bits per heavy atom. The smallest absolute Gasteiger partial charge is 0.0309 e. The Balaban J connectivity index is 1.61. The Kier molecular flexibility index (Phi) is 3.98. The summed E-state index contributed by atoms with van der Waals surface area (Å²) in [5, 5.41) is 3.86. The third-order valence-electron chi connectivity index (χ3n) is 4.92. The average Bonchev–Trinajstić information content (AvgIpc) is 2.41. The van der Waals surface area contributed by atoms with Crippen LogP contribution < -0.4 is 5.32 Å². The van der Waals surface area contributed by atoms with Gasteiger partial charge < -0.3 is 5.32 Å². The quantitative estimate of drug-likeness (QED) is 0.774. The summed E-state index contributed by atoms with van der Waals surface area (Å²) in [6.07, 6.45) is 10.1. The molecule has 17 heavy (non-hydrogen) atoms. The molecule has 2 nitrogen and oxygen atoms in total. The van der Waals surface area contributed by atoms with Gasteiger partial charge in [0, 0.05) is 31.2 Å². The Bertz CT molecular complexity index is 239. The maximum atomic E-state index is 3.86. The van der Waals surface area contributed by atoms with Crippen LogP contribution in [0.1, 0.15) is 44.9 Å². The fourth-order valence-corrected chi connectivity index (χ4v) is 5.00. The van der Waals surface area contributed by atoms with E-state index in [2.05, 4.69) is 22.0 Å². The Hall–Kier alpha value is 0.270. The van der Waals surface area contributed by atoms with Crippen LogP contribution in [-0.4, -0.2) is 47.6 Å². The minimum absolute atomic E-state index is 0.501. The highest BCUT2D eigenvalue weighted by Crippen LogP contribution is 2.32. The first kappa shape index (κ1) is 12.3. The zero-order chi connectivity index (χ0) is 11.6. The van der Waals surface area contributed by atoms with E-state index in [0.717, 1.165) is 6.04 Å². The van der Waals surface area contributed by atoms with Gasteiger partial charge in [0.2, 0.25) is 0 Å². The highest BCUT2D eigenvalue weighted by Gasteiger charge is 2.38. The third-order valence-corrected chi connectivity index (χ3v) is 5.97. The van der Waals surface area contributed by atoms with Crippen LogP contribution in [0.3, 0.4) is 0 Å². The summed E-state index contributed by atoms with van der Waals surface area (Å²) in [5.74, 6) is 2.78. The van der Waals surface area contributed by atoms with E-state index in [-0.39, 0.29) is 0 Å². The first-order chi connectivity index (χ1) is 8.38. The van der Waals surface area contributed by atoms with Crippen LogP contribution in [0.2, 0.25) is 0 Å². The SMILES string of the molecule is C1CCC2(CC1)CN(C1CCSCC1)CCN2.